The average molecular weight is 403 g/mol. The van der Waals surface area contributed by atoms with E-state index >= 15 is 0 Å². The fraction of sp³-hybridized carbons (Fsp3) is 0.158. The van der Waals surface area contributed by atoms with Gasteiger partial charge in [-0.25, -0.2) is 4.98 Å². The summed E-state index contributed by atoms with van der Waals surface area (Å²) in [4.78, 5) is 27.4. The van der Waals surface area contributed by atoms with Gasteiger partial charge in [0.15, 0.2) is 0 Å². The number of alkyl halides is 3. The zero-order chi connectivity index (χ0) is 20.9. The van der Waals surface area contributed by atoms with E-state index in [-0.39, 0.29) is 34.5 Å². The van der Waals surface area contributed by atoms with E-state index in [2.05, 4.69) is 4.98 Å². The molecular weight excluding hydrogens is 391 g/mol. The van der Waals surface area contributed by atoms with Crippen molar-refractivity contribution < 1.29 is 23.2 Å². The van der Waals surface area contributed by atoms with Gasteiger partial charge >= 0.3 is 6.18 Å². The summed E-state index contributed by atoms with van der Waals surface area (Å²) in [7, 11) is 0. The molecule has 4 rings (SSSR count). The Balaban J connectivity index is 1.84. The molecule has 0 atom stereocenters. The lowest BCUT2D eigenvalue weighted by Crippen LogP contribution is -2.20. The molecule has 29 heavy (non-hydrogen) atoms. The minimum absolute atomic E-state index is 0.0981. The Hall–Kier alpha value is -3.69. The van der Waals surface area contributed by atoms with Crippen LogP contribution in [0.3, 0.4) is 0 Å². The molecule has 148 valence electrons. The van der Waals surface area contributed by atoms with Crippen LogP contribution in [0.1, 0.15) is 23.4 Å². The molecule has 0 radical (unpaired) electrons. The van der Waals surface area contributed by atoms with E-state index in [4.69, 9.17) is 0 Å². The molecule has 0 spiro atoms. The smallest absolute Gasteiger partial charge is 0.416 e. The molecule has 1 aliphatic heterocycles. The first-order valence-corrected chi connectivity index (χ1v) is 8.45. The van der Waals surface area contributed by atoms with E-state index in [9.17, 15) is 33.2 Å². The topological polar surface area (TPSA) is 98.3 Å². The van der Waals surface area contributed by atoms with E-state index in [0.29, 0.717) is 18.1 Å². The molecular formula is C19H12F3N3O4. The van der Waals surface area contributed by atoms with Crippen LogP contribution in [0.2, 0.25) is 0 Å². The molecule has 0 amide bonds. The predicted molar refractivity (Wildman–Crippen MR) is 98.3 cm³/mol. The van der Waals surface area contributed by atoms with Gasteiger partial charge in [0.1, 0.15) is 11.6 Å². The van der Waals surface area contributed by atoms with Gasteiger partial charge in [-0.1, -0.05) is 0 Å². The molecule has 2 heterocycles. The van der Waals surface area contributed by atoms with Crippen LogP contribution in [0.15, 0.2) is 41.2 Å². The fourth-order valence-electron chi connectivity index (χ4n) is 3.34. The number of benzene rings is 2. The van der Waals surface area contributed by atoms with Crippen molar-refractivity contribution in [2.45, 2.75) is 19.1 Å². The first-order valence-electron chi connectivity index (χ1n) is 8.45. The van der Waals surface area contributed by atoms with E-state index in [0.717, 1.165) is 12.1 Å². The van der Waals surface area contributed by atoms with Gasteiger partial charge < -0.3 is 5.11 Å². The summed E-state index contributed by atoms with van der Waals surface area (Å²) >= 11 is 0. The quantitative estimate of drug-likeness (QED) is 0.516. The summed E-state index contributed by atoms with van der Waals surface area (Å²) < 4.78 is 40.3. The van der Waals surface area contributed by atoms with Crippen molar-refractivity contribution in [1.29, 1.82) is 0 Å². The van der Waals surface area contributed by atoms with Crippen LogP contribution in [-0.4, -0.2) is 19.6 Å². The second-order valence-corrected chi connectivity index (χ2v) is 6.58. The highest BCUT2D eigenvalue weighted by atomic mass is 19.4. The Kier molecular flexibility index (Phi) is 4.14. The number of non-ortho nitro benzene ring substituents is 1. The molecule has 0 saturated heterocycles. The maximum Gasteiger partial charge on any atom is 0.416 e. The molecule has 0 bridgehead atoms. The summed E-state index contributed by atoms with van der Waals surface area (Å²) in [6.45, 7) is 0.247. The summed E-state index contributed by atoms with van der Waals surface area (Å²) in [5.74, 6) is -0.242. The number of phenolic OH excluding ortho intramolecular Hbond substituents is 1. The fourth-order valence-corrected chi connectivity index (χ4v) is 3.34. The number of allylic oxidation sites excluding steroid dienone is 1. The summed E-state index contributed by atoms with van der Waals surface area (Å²) in [6.07, 6.45) is -2.82. The molecule has 10 heteroatoms. The normalized spacial score (nSPS) is 15.1. The molecule has 0 fully saturated rings. The Bertz CT molecular complexity index is 1260. The van der Waals surface area contributed by atoms with Crippen molar-refractivity contribution in [2.75, 3.05) is 0 Å². The third kappa shape index (κ3) is 3.33. The molecule has 1 aliphatic rings. The van der Waals surface area contributed by atoms with Crippen molar-refractivity contribution in [3.63, 3.8) is 0 Å². The third-order valence-electron chi connectivity index (χ3n) is 4.65. The number of aromatic nitrogens is 2. The van der Waals surface area contributed by atoms with Crippen molar-refractivity contribution in [3.8, 4) is 5.75 Å². The van der Waals surface area contributed by atoms with E-state index in [1.165, 1.54) is 28.8 Å². The van der Waals surface area contributed by atoms with E-state index in [1.54, 1.807) is 0 Å². The van der Waals surface area contributed by atoms with Gasteiger partial charge in [0.05, 0.1) is 21.4 Å². The number of phenols is 1. The lowest BCUT2D eigenvalue weighted by molar-refractivity contribution is -0.384. The van der Waals surface area contributed by atoms with Gasteiger partial charge in [0.2, 0.25) is 0 Å². The average Bonchev–Trinajstić information content (AvgIpc) is 3.03. The van der Waals surface area contributed by atoms with Crippen LogP contribution in [0.5, 0.6) is 5.75 Å². The Labute approximate surface area is 160 Å². The lowest BCUT2D eigenvalue weighted by Gasteiger charge is -2.09. The van der Waals surface area contributed by atoms with E-state index in [1.807, 2.05) is 0 Å². The molecule has 3 aromatic rings. The Morgan fingerprint density at radius 2 is 1.97 bits per heavy atom. The Morgan fingerprint density at radius 1 is 1.21 bits per heavy atom. The second-order valence-electron chi connectivity index (χ2n) is 6.58. The van der Waals surface area contributed by atoms with Crippen LogP contribution >= 0.6 is 0 Å². The standard InChI is InChI=1S/C19H12F3N3O4/c20-19(21,22)12-6-10(7-14(26)8-12)5-11-3-4-24-17(11)23-16-2-1-13(25(28)29)9-15(16)18(24)27/h1-2,5-9,26H,3-4H2/b11-5-. The maximum absolute atomic E-state index is 13.0. The second kappa shape index (κ2) is 6.43. The maximum atomic E-state index is 13.0. The van der Waals surface area contributed by atoms with Crippen LogP contribution in [0.4, 0.5) is 18.9 Å². The minimum Gasteiger partial charge on any atom is -0.508 e. The van der Waals surface area contributed by atoms with Crippen LogP contribution in [0, 0.1) is 10.1 Å². The number of nitro benzene ring substituents is 1. The SMILES string of the molecule is O=c1c2cc([N+](=O)[O-])ccc2nc2n1CC/C2=C/c1cc(O)cc(C(F)(F)F)c1. The van der Waals surface area contributed by atoms with Gasteiger partial charge in [-0.05, 0) is 47.9 Å². The number of nitrogens with zero attached hydrogens (tertiary/aromatic N) is 3. The van der Waals surface area contributed by atoms with Gasteiger partial charge in [-0.3, -0.25) is 19.5 Å². The third-order valence-corrected chi connectivity index (χ3v) is 4.65. The van der Waals surface area contributed by atoms with Gasteiger partial charge in [0, 0.05) is 18.7 Å². The molecule has 7 nitrogen and oxygen atoms in total. The molecule has 1 aromatic heterocycles. The zero-order valence-corrected chi connectivity index (χ0v) is 14.6. The van der Waals surface area contributed by atoms with Crippen molar-refractivity contribution in [3.05, 3.63) is 73.8 Å². The van der Waals surface area contributed by atoms with Crippen LogP contribution in [0.25, 0.3) is 22.6 Å². The highest BCUT2D eigenvalue weighted by Crippen LogP contribution is 2.34. The summed E-state index contributed by atoms with van der Waals surface area (Å²) in [6, 6.07) is 6.47. The number of hydrogen-bond acceptors (Lipinski definition) is 5. The first kappa shape index (κ1) is 18.7. The number of hydrogen-bond donors (Lipinski definition) is 1. The highest BCUT2D eigenvalue weighted by molar-refractivity contribution is 5.86. The van der Waals surface area contributed by atoms with Crippen molar-refractivity contribution in [2.24, 2.45) is 0 Å². The first-order chi connectivity index (χ1) is 13.6. The Morgan fingerprint density at radius 3 is 2.66 bits per heavy atom. The molecule has 1 N–H and O–H groups in total. The van der Waals surface area contributed by atoms with Crippen LogP contribution in [-0.2, 0) is 12.7 Å². The minimum atomic E-state index is -4.61. The molecule has 2 aromatic carbocycles. The van der Waals surface area contributed by atoms with E-state index < -0.39 is 28.0 Å². The molecule has 0 saturated carbocycles. The van der Waals surface area contributed by atoms with Crippen molar-refractivity contribution in [1.82, 2.24) is 9.55 Å². The number of rotatable bonds is 2. The predicted octanol–water partition coefficient (Wildman–Crippen LogP) is 3.97. The largest absolute Gasteiger partial charge is 0.508 e. The zero-order valence-electron chi connectivity index (χ0n) is 14.6. The monoisotopic (exact) mass is 403 g/mol. The summed E-state index contributed by atoms with van der Waals surface area (Å²) in [5.41, 5.74) is -0.765. The van der Waals surface area contributed by atoms with Gasteiger partial charge in [0.25, 0.3) is 11.2 Å². The molecule has 0 unspecified atom stereocenters. The number of nitro groups is 1. The van der Waals surface area contributed by atoms with Crippen molar-refractivity contribution >= 4 is 28.2 Å². The molecule has 0 aliphatic carbocycles. The highest BCUT2D eigenvalue weighted by Gasteiger charge is 2.31. The van der Waals surface area contributed by atoms with Crippen LogP contribution < -0.4 is 5.56 Å². The number of aromatic hydroxyl groups is 1. The number of halogens is 3. The van der Waals surface area contributed by atoms with Gasteiger partial charge in [-0.2, -0.15) is 13.2 Å². The van der Waals surface area contributed by atoms with Gasteiger partial charge in [-0.15, -0.1) is 0 Å². The summed E-state index contributed by atoms with van der Waals surface area (Å²) in [5, 5.41) is 20.7. The number of fused-ring (bicyclic) bond motifs is 2. The lowest BCUT2D eigenvalue weighted by atomic mass is 10.1.